The van der Waals surface area contributed by atoms with Crippen molar-refractivity contribution in [3.05, 3.63) is 63.5 Å². The summed E-state index contributed by atoms with van der Waals surface area (Å²) < 4.78 is 13.8. The lowest BCUT2D eigenvalue weighted by Crippen LogP contribution is -2.51. The number of nitrogens with zero attached hydrogens (tertiary/aromatic N) is 3. The smallest absolute Gasteiger partial charge is 0.273 e. The number of rotatable bonds is 8. The standard InChI is InChI=1S/C22H24FN5O2S2/c23-17-5-1-2-6-18(17)25-22-26-19(15-32-22)21(30)28-11-9-27(10-12-28)14-20(29)24-8-7-16-4-3-13-31-16/h1-6,13,15H,7-12,14H2,(H,24,29)(H,25,26). The Morgan fingerprint density at radius 2 is 1.88 bits per heavy atom. The van der Waals surface area contributed by atoms with Gasteiger partial charge < -0.3 is 15.5 Å². The predicted octanol–water partition coefficient (Wildman–Crippen LogP) is 3.20. The van der Waals surface area contributed by atoms with Crippen LogP contribution in [0.4, 0.5) is 15.2 Å². The van der Waals surface area contributed by atoms with E-state index in [4.69, 9.17) is 0 Å². The van der Waals surface area contributed by atoms with Gasteiger partial charge in [-0.1, -0.05) is 18.2 Å². The molecule has 0 aliphatic carbocycles. The Morgan fingerprint density at radius 3 is 2.62 bits per heavy atom. The fraction of sp³-hybridized carbons (Fsp3) is 0.318. The minimum atomic E-state index is -0.373. The van der Waals surface area contributed by atoms with Gasteiger partial charge in [0.1, 0.15) is 11.5 Å². The zero-order chi connectivity index (χ0) is 22.3. The average Bonchev–Trinajstić information content (AvgIpc) is 3.48. The van der Waals surface area contributed by atoms with Crippen LogP contribution in [-0.4, -0.2) is 65.9 Å². The van der Waals surface area contributed by atoms with Crippen LogP contribution in [0.2, 0.25) is 0 Å². The third-order valence-electron chi connectivity index (χ3n) is 5.14. The number of nitrogens with one attached hydrogen (secondary N) is 2. The molecule has 2 amide bonds. The summed E-state index contributed by atoms with van der Waals surface area (Å²) in [5, 5.41) is 10.1. The number of anilines is 2. The van der Waals surface area contributed by atoms with E-state index in [-0.39, 0.29) is 17.6 Å². The molecule has 1 aromatic carbocycles. The number of halogens is 1. The van der Waals surface area contributed by atoms with Crippen LogP contribution in [0.3, 0.4) is 0 Å². The summed E-state index contributed by atoms with van der Waals surface area (Å²) in [7, 11) is 0. The van der Waals surface area contributed by atoms with Crippen molar-refractivity contribution in [2.24, 2.45) is 0 Å². The van der Waals surface area contributed by atoms with Crippen molar-refractivity contribution in [3.8, 4) is 0 Å². The Morgan fingerprint density at radius 1 is 1.06 bits per heavy atom. The molecule has 32 heavy (non-hydrogen) atoms. The fourth-order valence-electron chi connectivity index (χ4n) is 3.42. The normalized spacial score (nSPS) is 14.3. The van der Waals surface area contributed by atoms with Gasteiger partial charge in [-0.05, 0) is 30.0 Å². The first-order valence-corrected chi connectivity index (χ1v) is 12.1. The van der Waals surface area contributed by atoms with Crippen molar-refractivity contribution in [2.75, 3.05) is 44.6 Å². The van der Waals surface area contributed by atoms with E-state index in [1.165, 1.54) is 22.3 Å². The van der Waals surface area contributed by atoms with E-state index in [0.29, 0.717) is 55.8 Å². The van der Waals surface area contributed by atoms with E-state index in [0.717, 1.165) is 6.42 Å². The Bertz CT molecular complexity index is 1050. The SMILES string of the molecule is O=C(CN1CCN(C(=O)c2csc(Nc3ccccc3F)n2)CC1)NCCc1cccs1. The summed E-state index contributed by atoms with van der Waals surface area (Å²) in [6.45, 7) is 3.30. The second kappa shape index (κ2) is 10.7. The van der Waals surface area contributed by atoms with Gasteiger partial charge in [0.05, 0.1) is 12.2 Å². The third-order valence-corrected chi connectivity index (χ3v) is 6.83. The summed E-state index contributed by atoms with van der Waals surface area (Å²) in [6.07, 6.45) is 0.840. The molecule has 1 aliphatic heterocycles. The highest BCUT2D eigenvalue weighted by Gasteiger charge is 2.25. The summed E-state index contributed by atoms with van der Waals surface area (Å²) in [4.78, 5) is 34.3. The second-order valence-corrected chi connectivity index (χ2v) is 9.28. The number of benzene rings is 1. The van der Waals surface area contributed by atoms with Crippen LogP contribution in [0.1, 0.15) is 15.4 Å². The van der Waals surface area contributed by atoms with Gasteiger partial charge in [0, 0.05) is 43.0 Å². The molecular formula is C22H24FN5O2S2. The number of hydrogen-bond acceptors (Lipinski definition) is 7. The van der Waals surface area contributed by atoms with E-state index >= 15 is 0 Å². The summed E-state index contributed by atoms with van der Waals surface area (Å²) >= 11 is 2.95. The number of piperazine rings is 1. The number of thiazole rings is 1. The van der Waals surface area contributed by atoms with Gasteiger partial charge in [-0.3, -0.25) is 14.5 Å². The summed E-state index contributed by atoms with van der Waals surface area (Å²) in [6, 6.07) is 10.4. The first-order valence-electron chi connectivity index (χ1n) is 10.4. The summed E-state index contributed by atoms with van der Waals surface area (Å²) in [5.74, 6) is -0.519. The van der Waals surface area contributed by atoms with Crippen molar-refractivity contribution in [3.63, 3.8) is 0 Å². The molecule has 168 valence electrons. The molecule has 1 aliphatic rings. The summed E-state index contributed by atoms with van der Waals surface area (Å²) in [5.41, 5.74) is 0.664. The Labute approximate surface area is 193 Å². The highest BCUT2D eigenvalue weighted by Crippen LogP contribution is 2.23. The van der Waals surface area contributed by atoms with Crippen molar-refractivity contribution < 1.29 is 14.0 Å². The number of carbonyl (C=O) groups is 2. The maximum absolute atomic E-state index is 13.8. The van der Waals surface area contributed by atoms with Gasteiger partial charge in [0.2, 0.25) is 5.91 Å². The molecule has 1 saturated heterocycles. The molecule has 0 bridgehead atoms. The van der Waals surface area contributed by atoms with E-state index in [9.17, 15) is 14.0 Å². The molecule has 3 aromatic rings. The van der Waals surface area contributed by atoms with Crippen molar-refractivity contribution in [2.45, 2.75) is 6.42 Å². The quantitative estimate of drug-likeness (QED) is 0.525. The molecule has 0 spiro atoms. The lowest BCUT2D eigenvalue weighted by molar-refractivity contribution is -0.122. The first-order chi connectivity index (χ1) is 15.6. The highest BCUT2D eigenvalue weighted by atomic mass is 32.1. The largest absolute Gasteiger partial charge is 0.355 e. The lowest BCUT2D eigenvalue weighted by Gasteiger charge is -2.33. The number of para-hydroxylation sites is 1. The average molecular weight is 474 g/mol. The van der Waals surface area contributed by atoms with Crippen molar-refractivity contribution in [1.82, 2.24) is 20.1 Å². The molecule has 7 nitrogen and oxygen atoms in total. The van der Waals surface area contributed by atoms with E-state index in [1.54, 1.807) is 39.8 Å². The number of hydrogen-bond donors (Lipinski definition) is 2. The first kappa shape index (κ1) is 22.4. The van der Waals surface area contributed by atoms with Crippen LogP contribution in [-0.2, 0) is 11.2 Å². The minimum absolute atomic E-state index is 0.00435. The Balaban J connectivity index is 1.21. The Hall–Kier alpha value is -2.82. The molecule has 1 fully saturated rings. The molecule has 10 heteroatoms. The van der Waals surface area contributed by atoms with Crippen molar-refractivity contribution >= 4 is 45.3 Å². The maximum Gasteiger partial charge on any atom is 0.273 e. The van der Waals surface area contributed by atoms with Crippen LogP contribution < -0.4 is 10.6 Å². The van der Waals surface area contributed by atoms with Crippen LogP contribution in [0.5, 0.6) is 0 Å². The number of carbonyl (C=O) groups excluding carboxylic acids is 2. The van der Waals surface area contributed by atoms with Crippen LogP contribution in [0, 0.1) is 5.82 Å². The van der Waals surface area contributed by atoms with Gasteiger partial charge >= 0.3 is 0 Å². The van der Waals surface area contributed by atoms with Gasteiger partial charge in [0.25, 0.3) is 5.91 Å². The fourth-order valence-corrected chi connectivity index (χ4v) is 4.82. The van der Waals surface area contributed by atoms with E-state index in [1.807, 2.05) is 11.4 Å². The monoisotopic (exact) mass is 473 g/mol. The topological polar surface area (TPSA) is 77.6 Å². The van der Waals surface area contributed by atoms with E-state index < -0.39 is 0 Å². The van der Waals surface area contributed by atoms with Crippen LogP contribution in [0.25, 0.3) is 0 Å². The zero-order valence-electron chi connectivity index (χ0n) is 17.4. The number of aromatic nitrogens is 1. The van der Waals surface area contributed by atoms with Crippen molar-refractivity contribution in [1.29, 1.82) is 0 Å². The third kappa shape index (κ3) is 5.90. The Kier molecular flexibility index (Phi) is 7.46. The molecule has 0 unspecified atom stereocenters. The maximum atomic E-state index is 13.8. The van der Waals surface area contributed by atoms with Crippen LogP contribution >= 0.6 is 22.7 Å². The van der Waals surface area contributed by atoms with Gasteiger partial charge in [0.15, 0.2) is 5.13 Å². The minimum Gasteiger partial charge on any atom is -0.355 e. The molecule has 0 atom stereocenters. The molecular weight excluding hydrogens is 449 g/mol. The van der Waals surface area contributed by atoms with Crippen LogP contribution in [0.15, 0.2) is 47.2 Å². The highest BCUT2D eigenvalue weighted by molar-refractivity contribution is 7.14. The molecule has 4 rings (SSSR count). The molecule has 2 aromatic heterocycles. The number of amides is 2. The predicted molar refractivity (Wildman–Crippen MR) is 125 cm³/mol. The molecule has 2 N–H and O–H groups in total. The molecule has 0 saturated carbocycles. The van der Waals surface area contributed by atoms with Gasteiger partial charge in [-0.25, -0.2) is 9.37 Å². The number of thiophene rings is 1. The van der Waals surface area contributed by atoms with Gasteiger partial charge in [-0.15, -0.1) is 22.7 Å². The second-order valence-electron chi connectivity index (χ2n) is 7.39. The zero-order valence-corrected chi connectivity index (χ0v) is 19.1. The molecule has 0 radical (unpaired) electrons. The van der Waals surface area contributed by atoms with E-state index in [2.05, 4.69) is 26.6 Å². The lowest BCUT2D eigenvalue weighted by atomic mass is 10.3. The molecule has 3 heterocycles. The van der Waals surface area contributed by atoms with Gasteiger partial charge in [-0.2, -0.15) is 0 Å².